The number of Topliss-reactive ketones (excluding diaryl/α,β-unsaturated/α-hetero) is 1. The second-order valence-electron chi connectivity index (χ2n) is 9.19. The number of H-pyrrole nitrogens is 1. The Hall–Kier alpha value is -4.60. The van der Waals surface area contributed by atoms with Crippen LogP contribution in [0.15, 0.2) is 65.8 Å². The molecule has 194 valence electrons. The van der Waals surface area contributed by atoms with Crippen LogP contribution in [0.4, 0.5) is 0 Å². The van der Waals surface area contributed by atoms with Gasteiger partial charge in [-0.15, -0.1) is 5.10 Å². The van der Waals surface area contributed by atoms with Crippen LogP contribution in [0.5, 0.6) is 0 Å². The van der Waals surface area contributed by atoms with Crippen LogP contribution in [-0.4, -0.2) is 45.1 Å². The summed E-state index contributed by atoms with van der Waals surface area (Å²) in [6.45, 7) is 6.64. The van der Waals surface area contributed by atoms with E-state index < -0.39 is 0 Å². The molecule has 4 heterocycles. The van der Waals surface area contributed by atoms with Crippen LogP contribution in [0.1, 0.15) is 55.4 Å². The molecule has 0 saturated carbocycles. The molecule has 0 amide bonds. The smallest absolute Gasteiger partial charge is 0.334 e. The van der Waals surface area contributed by atoms with Gasteiger partial charge in [0.05, 0.1) is 17.8 Å². The Labute approximate surface area is 220 Å². The highest BCUT2D eigenvalue weighted by molar-refractivity contribution is 5.97. The van der Waals surface area contributed by atoms with Crippen molar-refractivity contribution in [2.45, 2.75) is 53.1 Å². The molecule has 10 nitrogen and oxygen atoms in total. The molecule has 0 saturated heterocycles. The maximum Gasteiger partial charge on any atom is 0.334 e. The van der Waals surface area contributed by atoms with Crippen molar-refractivity contribution < 1.29 is 4.79 Å². The molecule has 10 heteroatoms. The van der Waals surface area contributed by atoms with Crippen molar-refractivity contribution in [3.05, 3.63) is 88.5 Å². The number of rotatable bonds is 10. The molecule has 0 aliphatic carbocycles. The van der Waals surface area contributed by atoms with Crippen LogP contribution in [0.2, 0.25) is 0 Å². The Balaban J connectivity index is 1.51. The largest absolute Gasteiger partial charge is 0.334 e. The van der Waals surface area contributed by atoms with E-state index in [0.717, 1.165) is 47.3 Å². The Morgan fingerprint density at radius 3 is 2.53 bits per heavy atom. The van der Waals surface area contributed by atoms with Crippen LogP contribution in [0.3, 0.4) is 0 Å². The number of aromatic nitrogens is 8. The third-order valence-corrected chi connectivity index (χ3v) is 6.71. The zero-order valence-corrected chi connectivity index (χ0v) is 21.8. The van der Waals surface area contributed by atoms with E-state index >= 15 is 0 Å². The SMILES string of the molecule is CCCCc1cn(-c2c(C(C)=O)ccn2CC)c(=O)n1Cc1ccc(-c2ccccc2-c2nnn[nH]2)cn1. The minimum absolute atomic E-state index is 0.0689. The molecule has 0 radical (unpaired) electrons. The van der Waals surface area contributed by atoms with Crippen molar-refractivity contribution in [2.24, 2.45) is 0 Å². The van der Waals surface area contributed by atoms with E-state index in [1.165, 1.54) is 6.92 Å². The summed E-state index contributed by atoms with van der Waals surface area (Å²) >= 11 is 0. The van der Waals surface area contributed by atoms with E-state index in [1.807, 2.05) is 66.5 Å². The van der Waals surface area contributed by atoms with Crippen LogP contribution in [0, 0.1) is 0 Å². The van der Waals surface area contributed by atoms with Gasteiger partial charge in [0.1, 0.15) is 5.82 Å². The van der Waals surface area contributed by atoms with E-state index in [4.69, 9.17) is 4.98 Å². The fraction of sp³-hybridized carbons (Fsp3) is 0.286. The van der Waals surface area contributed by atoms with Gasteiger partial charge in [0.25, 0.3) is 0 Å². The lowest BCUT2D eigenvalue weighted by molar-refractivity contribution is 0.101. The summed E-state index contributed by atoms with van der Waals surface area (Å²) in [7, 11) is 0. The molecule has 0 atom stereocenters. The number of pyridine rings is 1. The second-order valence-corrected chi connectivity index (χ2v) is 9.19. The van der Waals surface area contributed by atoms with Gasteiger partial charge in [-0.3, -0.25) is 18.9 Å². The number of tetrazole rings is 1. The first-order valence-corrected chi connectivity index (χ1v) is 12.8. The van der Waals surface area contributed by atoms with E-state index in [-0.39, 0.29) is 11.5 Å². The highest BCUT2D eigenvalue weighted by Crippen LogP contribution is 2.29. The van der Waals surface area contributed by atoms with Crippen molar-refractivity contribution in [1.82, 2.24) is 39.3 Å². The molecule has 5 aromatic rings. The second kappa shape index (κ2) is 10.8. The molecule has 0 aliphatic heterocycles. The maximum absolute atomic E-state index is 13.7. The standard InChI is InChI=1S/C28H30N8O2/c1-4-6-9-22-18-36(27-23(19(3)37)14-15-34(27)5-2)28(38)35(22)17-21-13-12-20(16-29-21)24-10-7-8-11-25(24)26-30-32-33-31-26/h7-8,10-16,18H,4-6,9,17H2,1-3H3,(H,30,31,32,33). The van der Waals surface area contributed by atoms with E-state index in [2.05, 4.69) is 27.5 Å². The summed E-state index contributed by atoms with van der Waals surface area (Å²) in [5.74, 6) is 1.13. The molecule has 0 fully saturated rings. The zero-order valence-electron chi connectivity index (χ0n) is 21.8. The average Bonchev–Trinajstić information content (AvgIpc) is 3.68. The number of hydrogen-bond acceptors (Lipinski definition) is 6. The molecule has 0 aliphatic rings. The molecule has 38 heavy (non-hydrogen) atoms. The molecule has 5 rings (SSSR count). The van der Waals surface area contributed by atoms with Gasteiger partial charge in [0.2, 0.25) is 0 Å². The summed E-state index contributed by atoms with van der Waals surface area (Å²) in [6.07, 6.45) is 8.27. The predicted octanol–water partition coefficient (Wildman–Crippen LogP) is 4.30. The predicted molar refractivity (Wildman–Crippen MR) is 144 cm³/mol. The number of carbonyl (C=O) groups is 1. The van der Waals surface area contributed by atoms with E-state index in [1.54, 1.807) is 15.2 Å². The minimum Gasteiger partial charge on any atom is -0.334 e. The fourth-order valence-electron chi connectivity index (χ4n) is 4.72. The van der Waals surface area contributed by atoms with Crippen LogP contribution >= 0.6 is 0 Å². The monoisotopic (exact) mass is 510 g/mol. The third-order valence-electron chi connectivity index (χ3n) is 6.71. The number of nitrogens with one attached hydrogen (secondary N) is 1. The number of aromatic amines is 1. The van der Waals surface area contributed by atoms with Crippen molar-refractivity contribution in [1.29, 1.82) is 0 Å². The molecule has 4 aromatic heterocycles. The normalized spacial score (nSPS) is 11.2. The third kappa shape index (κ3) is 4.72. The molecule has 0 bridgehead atoms. The molecule has 0 spiro atoms. The summed E-state index contributed by atoms with van der Waals surface area (Å²) in [6, 6.07) is 13.6. The summed E-state index contributed by atoms with van der Waals surface area (Å²) < 4.78 is 5.31. The summed E-state index contributed by atoms with van der Waals surface area (Å²) in [5.41, 5.74) is 4.80. The zero-order chi connectivity index (χ0) is 26.6. The quantitative estimate of drug-likeness (QED) is 0.280. The molecular formula is C28H30N8O2. The fourth-order valence-corrected chi connectivity index (χ4v) is 4.72. The van der Waals surface area contributed by atoms with Crippen LogP contribution < -0.4 is 5.69 Å². The number of imidazole rings is 1. The first-order valence-electron chi connectivity index (χ1n) is 12.8. The Bertz CT molecular complexity index is 1610. The van der Waals surface area contributed by atoms with Crippen molar-refractivity contribution in [3.63, 3.8) is 0 Å². The number of nitrogens with zero attached hydrogens (tertiary/aromatic N) is 7. The number of ketones is 1. The van der Waals surface area contributed by atoms with Gasteiger partial charge in [0.15, 0.2) is 11.6 Å². The Kier molecular flexibility index (Phi) is 7.12. The number of unbranched alkanes of at least 4 members (excludes halogenated alkanes) is 1. The van der Waals surface area contributed by atoms with Crippen molar-refractivity contribution in [2.75, 3.05) is 0 Å². The van der Waals surface area contributed by atoms with Gasteiger partial charge in [-0.2, -0.15) is 0 Å². The number of carbonyl (C=O) groups excluding carboxylic acids is 1. The minimum atomic E-state index is -0.180. The van der Waals surface area contributed by atoms with Crippen LogP contribution in [-0.2, 0) is 19.5 Å². The number of benzene rings is 1. The van der Waals surface area contributed by atoms with Crippen molar-refractivity contribution >= 4 is 5.78 Å². The average molecular weight is 511 g/mol. The topological polar surface area (TPSA) is 116 Å². The highest BCUT2D eigenvalue weighted by Gasteiger charge is 2.20. The first kappa shape index (κ1) is 25.1. The lowest BCUT2D eigenvalue weighted by Gasteiger charge is -2.10. The Morgan fingerprint density at radius 1 is 1.05 bits per heavy atom. The number of hydrogen-bond donors (Lipinski definition) is 1. The van der Waals surface area contributed by atoms with Gasteiger partial charge < -0.3 is 4.57 Å². The molecule has 1 N–H and O–H groups in total. The molecule has 1 aromatic carbocycles. The van der Waals surface area contributed by atoms with E-state index in [9.17, 15) is 9.59 Å². The first-order chi connectivity index (χ1) is 18.5. The van der Waals surface area contributed by atoms with E-state index in [0.29, 0.717) is 30.3 Å². The van der Waals surface area contributed by atoms with Gasteiger partial charge in [-0.25, -0.2) is 9.89 Å². The summed E-state index contributed by atoms with van der Waals surface area (Å²) in [4.78, 5) is 30.7. The van der Waals surface area contributed by atoms with Gasteiger partial charge in [0, 0.05) is 42.0 Å². The van der Waals surface area contributed by atoms with Crippen molar-refractivity contribution in [3.8, 4) is 28.3 Å². The highest BCUT2D eigenvalue weighted by atomic mass is 16.2. The maximum atomic E-state index is 13.7. The summed E-state index contributed by atoms with van der Waals surface area (Å²) in [5, 5.41) is 14.2. The molecule has 0 unspecified atom stereocenters. The van der Waals surface area contributed by atoms with Crippen LogP contribution in [0.25, 0.3) is 28.3 Å². The molecular weight excluding hydrogens is 480 g/mol. The number of aryl methyl sites for hydroxylation is 2. The lowest BCUT2D eigenvalue weighted by Crippen LogP contribution is -2.27. The van der Waals surface area contributed by atoms with Gasteiger partial charge in [-0.1, -0.05) is 43.7 Å². The van der Waals surface area contributed by atoms with Gasteiger partial charge >= 0.3 is 5.69 Å². The van der Waals surface area contributed by atoms with Gasteiger partial charge in [-0.05, 0) is 54.8 Å². The Morgan fingerprint density at radius 2 is 1.87 bits per heavy atom. The lowest BCUT2D eigenvalue weighted by atomic mass is 10.0.